The lowest BCUT2D eigenvalue weighted by atomic mass is 9.51. The Morgan fingerprint density at radius 1 is 1.25 bits per heavy atom. The van der Waals surface area contributed by atoms with Crippen molar-refractivity contribution in [3.8, 4) is 0 Å². The van der Waals surface area contributed by atoms with Crippen molar-refractivity contribution in [2.45, 2.75) is 69.5 Å². The number of amides is 1. The molecule has 1 heterocycles. The summed E-state index contributed by atoms with van der Waals surface area (Å²) < 4.78 is 33.4. The number of carbonyl (C=O) groups is 3. The molecule has 1 aliphatic heterocycles. The number of anilines is 1. The third-order valence-electron chi connectivity index (χ3n) is 9.76. The summed E-state index contributed by atoms with van der Waals surface area (Å²) in [6, 6.07) is 6.37. The van der Waals surface area contributed by atoms with Gasteiger partial charge in [-0.05, 0) is 80.5 Å². The van der Waals surface area contributed by atoms with E-state index < -0.39 is 70.8 Å². The molecule has 4 aliphatic rings. The molecule has 1 aromatic rings. The Morgan fingerprint density at radius 3 is 2.58 bits per heavy atom. The van der Waals surface area contributed by atoms with Crippen LogP contribution in [0.2, 0.25) is 0 Å². The summed E-state index contributed by atoms with van der Waals surface area (Å²) in [5.41, 5.74) is 0.976. The van der Waals surface area contributed by atoms with Crippen LogP contribution < -0.4 is 10.8 Å². The predicted octanol–water partition coefficient (Wildman–Crippen LogP) is 3.16. The SMILES string of the molecule is CCC[C@H](O)[C@@]1(F)[C@H]([C@@H]2C[C@H]3CN(c4ccc(C(N)=O)cc4)O[C@@]3(C(=O)CO)C2)C[C@H](F)C2=CC(=O)C=C[C@@]21C. The van der Waals surface area contributed by atoms with Gasteiger partial charge in [0.1, 0.15) is 12.8 Å². The number of fused-ring (bicyclic) bond motifs is 2. The fraction of sp³-hybridized carbons (Fsp3) is 0.567. The number of benzene rings is 1. The van der Waals surface area contributed by atoms with Crippen LogP contribution in [0.4, 0.5) is 14.5 Å². The van der Waals surface area contributed by atoms with Crippen molar-refractivity contribution in [3.63, 3.8) is 0 Å². The van der Waals surface area contributed by atoms with Crippen LogP contribution in [-0.4, -0.2) is 64.4 Å². The van der Waals surface area contributed by atoms with Crippen LogP contribution in [0.5, 0.6) is 0 Å². The Kier molecular flexibility index (Phi) is 7.25. The maximum absolute atomic E-state index is 17.7. The van der Waals surface area contributed by atoms with Gasteiger partial charge in [-0.25, -0.2) is 8.78 Å². The first-order valence-corrected chi connectivity index (χ1v) is 13.9. The minimum absolute atomic E-state index is 0.0371. The van der Waals surface area contributed by atoms with Crippen LogP contribution in [0, 0.1) is 23.2 Å². The smallest absolute Gasteiger partial charge is 0.248 e. The van der Waals surface area contributed by atoms with E-state index in [2.05, 4.69) is 0 Å². The highest BCUT2D eigenvalue weighted by Crippen LogP contribution is 2.63. The first-order valence-electron chi connectivity index (χ1n) is 13.9. The maximum atomic E-state index is 17.7. The van der Waals surface area contributed by atoms with Crippen molar-refractivity contribution in [3.05, 3.63) is 53.6 Å². The highest BCUT2D eigenvalue weighted by Gasteiger charge is 2.69. The molecular formula is C30H36F2N2O6. The number of nitrogens with zero attached hydrogens (tertiary/aromatic N) is 1. The van der Waals surface area contributed by atoms with E-state index in [0.29, 0.717) is 24.1 Å². The molecule has 1 saturated heterocycles. The molecule has 0 unspecified atom stereocenters. The van der Waals surface area contributed by atoms with Gasteiger partial charge in [-0.15, -0.1) is 0 Å². The maximum Gasteiger partial charge on any atom is 0.248 e. The molecule has 1 amide bonds. The van der Waals surface area contributed by atoms with Crippen LogP contribution in [-0.2, 0) is 14.4 Å². The third-order valence-corrected chi connectivity index (χ3v) is 9.76. The average molecular weight is 559 g/mol. The Bertz CT molecular complexity index is 1270. The van der Waals surface area contributed by atoms with Crippen LogP contribution in [0.3, 0.4) is 0 Å². The van der Waals surface area contributed by atoms with Crippen LogP contribution in [0.25, 0.3) is 0 Å². The molecule has 4 N–H and O–H groups in total. The van der Waals surface area contributed by atoms with E-state index >= 15 is 8.78 Å². The second-order valence-corrected chi connectivity index (χ2v) is 11.9. The van der Waals surface area contributed by atoms with Crippen LogP contribution in [0.1, 0.15) is 56.3 Å². The topological polar surface area (TPSA) is 130 Å². The Hall–Kier alpha value is -2.95. The number of allylic oxidation sites excluding steroid dienone is 4. The van der Waals surface area contributed by atoms with E-state index in [-0.39, 0.29) is 31.4 Å². The molecule has 1 aromatic carbocycles. The summed E-state index contributed by atoms with van der Waals surface area (Å²) in [6.45, 7) is 2.85. The number of hydrogen-bond acceptors (Lipinski definition) is 7. The van der Waals surface area contributed by atoms with E-state index in [1.807, 2.05) is 6.92 Å². The number of primary amides is 1. The molecule has 0 bridgehead atoms. The van der Waals surface area contributed by atoms with Gasteiger partial charge in [0.15, 0.2) is 22.8 Å². The third kappa shape index (κ3) is 4.14. The van der Waals surface area contributed by atoms with E-state index in [9.17, 15) is 24.6 Å². The van der Waals surface area contributed by atoms with E-state index in [1.165, 1.54) is 24.1 Å². The number of carbonyl (C=O) groups excluding carboxylic acids is 3. The second-order valence-electron chi connectivity index (χ2n) is 11.9. The summed E-state index contributed by atoms with van der Waals surface area (Å²) in [5.74, 6) is -3.46. The number of nitrogens with two attached hydrogens (primary N) is 1. The number of rotatable bonds is 8. The van der Waals surface area contributed by atoms with Crippen LogP contribution in [0.15, 0.2) is 48.1 Å². The molecule has 8 nitrogen and oxygen atoms in total. The zero-order valence-electron chi connectivity index (χ0n) is 22.7. The molecule has 3 aliphatic carbocycles. The molecule has 40 heavy (non-hydrogen) atoms. The fourth-order valence-electron chi connectivity index (χ4n) is 7.73. The Balaban J connectivity index is 1.49. The molecule has 0 radical (unpaired) electrons. The van der Waals surface area contributed by atoms with Gasteiger partial charge in [0.05, 0.1) is 18.3 Å². The summed E-state index contributed by atoms with van der Waals surface area (Å²) in [6.07, 6.45) is 1.54. The van der Waals surface area contributed by atoms with E-state index in [1.54, 1.807) is 24.3 Å². The summed E-state index contributed by atoms with van der Waals surface area (Å²) in [4.78, 5) is 43.0. The van der Waals surface area contributed by atoms with Crippen molar-refractivity contribution >= 4 is 23.2 Å². The first-order chi connectivity index (χ1) is 18.9. The lowest BCUT2D eigenvalue weighted by Crippen LogP contribution is -2.63. The van der Waals surface area contributed by atoms with Gasteiger partial charge in [0, 0.05) is 22.8 Å². The number of hydroxylamine groups is 1. The first kappa shape index (κ1) is 28.6. The molecular weight excluding hydrogens is 522 g/mol. The van der Waals surface area contributed by atoms with Gasteiger partial charge in [-0.1, -0.05) is 19.4 Å². The van der Waals surface area contributed by atoms with Crippen molar-refractivity contribution in [2.24, 2.45) is 28.9 Å². The minimum Gasteiger partial charge on any atom is -0.390 e. The Labute approximate surface area is 231 Å². The molecule has 10 heteroatoms. The van der Waals surface area contributed by atoms with Crippen LogP contribution >= 0.6 is 0 Å². The van der Waals surface area contributed by atoms with Gasteiger partial charge in [0.2, 0.25) is 5.91 Å². The van der Waals surface area contributed by atoms with Gasteiger partial charge in [-0.3, -0.25) is 24.3 Å². The monoisotopic (exact) mass is 558 g/mol. The van der Waals surface area contributed by atoms with Gasteiger partial charge >= 0.3 is 0 Å². The molecule has 2 saturated carbocycles. The molecule has 3 fully saturated rings. The van der Waals surface area contributed by atoms with Gasteiger partial charge in [0.25, 0.3) is 0 Å². The van der Waals surface area contributed by atoms with E-state index in [4.69, 9.17) is 10.6 Å². The van der Waals surface area contributed by atoms with Crippen molar-refractivity contribution in [1.29, 1.82) is 0 Å². The summed E-state index contributed by atoms with van der Waals surface area (Å²) in [5, 5.41) is 22.7. The molecule has 216 valence electrons. The van der Waals surface area contributed by atoms with Crippen molar-refractivity contribution < 1.29 is 38.2 Å². The highest BCUT2D eigenvalue weighted by atomic mass is 19.1. The van der Waals surface area contributed by atoms with Crippen molar-refractivity contribution in [2.75, 3.05) is 18.2 Å². The normalized spacial score (nSPS) is 37.6. The number of ketones is 2. The molecule has 5 rings (SSSR count). The standard InChI is InChI=1S/C30H36F2N2O6/c1-3-4-25(37)30(32)22(13-24(31)23-12-21(36)9-10-28(23,30)2)18-11-19-15-34(40-29(19,14-18)26(38)16-35)20-7-5-17(6-8-20)27(33)39/h5-10,12,18-19,22,24-25,35,37H,3-4,11,13-16H2,1-2H3,(H2,33,39)/t18-,19+,22+,24+,25+,28+,29+,30+/m1/s1. The number of halogens is 2. The quantitative estimate of drug-likeness (QED) is 0.447. The predicted molar refractivity (Wildman–Crippen MR) is 143 cm³/mol. The second kappa shape index (κ2) is 10.2. The summed E-state index contributed by atoms with van der Waals surface area (Å²) in [7, 11) is 0. The van der Waals surface area contributed by atoms with Crippen molar-refractivity contribution in [1.82, 2.24) is 0 Å². The Morgan fingerprint density at radius 2 is 1.95 bits per heavy atom. The minimum atomic E-state index is -2.30. The van der Waals surface area contributed by atoms with Gasteiger partial charge in [-0.2, -0.15) is 0 Å². The number of aliphatic hydroxyl groups excluding tert-OH is 2. The summed E-state index contributed by atoms with van der Waals surface area (Å²) >= 11 is 0. The largest absolute Gasteiger partial charge is 0.390 e. The number of Topliss-reactive ketones (excluding diaryl/α,β-unsaturated/α-hetero) is 1. The average Bonchev–Trinajstić information content (AvgIpc) is 3.47. The molecule has 0 aromatic heterocycles. The highest BCUT2D eigenvalue weighted by molar-refractivity contribution is 6.01. The fourth-order valence-corrected chi connectivity index (χ4v) is 7.73. The lowest BCUT2D eigenvalue weighted by Gasteiger charge is -2.56. The zero-order valence-corrected chi connectivity index (χ0v) is 22.7. The number of alkyl halides is 2. The molecule has 8 atom stereocenters. The zero-order chi connectivity index (χ0) is 29.0. The number of aliphatic hydroxyl groups is 2. The lowest BCUT2D eigenvalue weighted by molar-refractivity contribution is -0.154. The van der Waals surface area contributed by atoms with Gasteiger partial charge < -0.3 is 15.9 Å². The number of hydrogen-bond donors (Lipinski definition) is 3. The van der Waals surface area contributed by atoms with E-state index in [0.717, 1.165) is 6.08 Å². The molecule has 0 spiro atoms.